The lowest BCUT2D eigenvalue weighted by molar-refractivity contribution is -0.147. The van der Waals surface area contributed by atoms with Gasteiger partial charge >= 0.3 is 0 Å². The van der Waals surface area contributed by atoms with Crippen LogP contribution in [-0.2, 0) is 14.4 Å². The standard InChI is InChI=1S/C14H27N3O5S/c1-7(2)6-8(9(18)12(20)17-22)11(19)16-10(13(21)15-5)14(3,4)23/h7-10,18,22-23H,6H2,1-5H3,(H,15,21)(H,16,19)(H,17,20)/t8-,9+,10?/m1/s1. The Bertz CT molecular complexity index is 437. The highest BCUT2D eigenvalue weighted by Gasteiger charge is 2.38. The Morgan fingerprint density at radius 2 is 1.65 bits per heavy atom. The van der Waals surface area contributed by atoms with Crippen LogP contribution in [0.2, 0.25) is 0 Å². The first-order valence-corrected chi connectivity index (χ1v) is 7.76. The summed E-state index contributed by atoms with van der Waals surface area (Å²) in [4.78, 5) is 35.8. The molecule has 0 aromatic carbocycles. The van der Waals surface area contributed by atoms with Gasteiger partial charge in [0.15, 0.2) is 0 Å². The summed E-state index contributed by atoms with van der Waals surface area (Å²) in [7, 11) is 1.43. The van der Waals surface area contributed by atoms with Crippen molar-refractivity contribution in [2.45, 2.75) is 51.0 Å². The number of hydrogen-bond acceptors (Lipinski definition) is 6. The van der Waals surface area contributed by atoms with Gasteiger partial charge in [0.05, 0.1) is 5.92 Å². The first kappa shape index (κ1) is 21.7. The first-order chi connectivity index (χ1) is 10.4. The molecular weight excluding hydrogens is 322 g/mol. The van der Waals surface area contributed by atoms with E-state index in [1.807, 2.05) is 13.8 Å². The van der Waals surface area contributed by atoms with Crippen LogP contribution < -0.4 is 16.1 Å². The Morgan fingerprint density at radius 1 is 1.13 bits per heavy atom. The van der Waals surface area contributed by atoms with E-state index >= 15 is 0 Å². The molecule has 0 heterocycles. The molecule has 9 heteroatoms. The molecule has 0 saturated carbocycles. The molecule has 5 N–H and O–H groups in total. The molecule has 134 valence electrons. The van der Waals surface area contributed by atoms with Crippen LogP contribution in [-0.4, -0.2) is 52.0 Å². The molecule has 3 atom stereocenters. The van der Waals surface area contributed by atoms with Crippen LogP contribution >= 0.6 is 12.6 Å². The minimum atomic E-state index is -1.73. The topological polar surface area (TPSA) is 128 Å². The molecule has 0 bridgehead atoms. The van der Waals surface area contributed by atoms with Crippen LogP contribution in [0.3, 0.4) is 0 Å². The Labute approximate surface area is 141 Å². The minimum absolute atomic E-state index is 0.00866. The molecule has 0 rings (SSSR count). The fourth-order valence-corrected chi connectivity index (χ4v) is 2.27. The predicted molar refractivity (Wildman–Crippen MR) is 87.9 cm³/mol. The Balaban J connectivity index is 5.35. The molecule has 0 aromatic rings. The highest BCUT2D eigenvalue weighted by molar-refractivity contribution is 7.81. The first-order valence-electron chi connectivity index (χ1n) is 7.32. The van der Waals surface area contributed by atoms with Crippen LogP contribution in [0.1, 0.15) is 34.1 Å². The van der Waals surface area contributed by atoms with Crippen LogP contribution in [0.4, 0.5) is 0 Å². The lowest BCUT2D eigenvalue weighted by atomic mass is 9.90. The molecule has 23 heavy (non-hydrogen) atoms. The summed E-state index contributed by atoms with van der Waals surface area (Å²) in [6.07, 6.45) is -1.52. The van der Waals surface area contributed by atoms with Crippen molar-refractivity contribution in [2.75, 3.05) is 7.05 Å². The zero-order chi connectivity index (χ0) is 18.4. The van der Waals surface area contributed by atoms with E-state index in [0.717, 1.165) is 0 Å². The zero-order valence-corrected chi connectivity index (χ0v) is 15.0. The number of hydrogen-bond donors (Lipinski definition) is 6. The summed E-state index contributed by atoms with van der Waals surface area (Å²) in [6, 6.07) is -0.956. The molecule has 1 unspecified atom stereocenters. The number of hydroxylamine groups is 1. The third-order valence-corrected chi connectivity index (χ3v) is 3.58. The summed E-state index contributed by atoms with van der Waals surface area (Å²) in [6.45, 7) is 6.96. The summed E-state index contributed by atoms with van der Waals surface area (Å²) in [5.41, 5.74) is 1.33. The van der Waals surface area contributed by atoms with Gasteiger partial charge in [0.25, 0.3) is 5.91 Å². The lowest BCUT2D eigenvalue weighted by Gasteiger charge is -2.31. The maximum Gasteiger partial charge on any atom is 0.272 e. The molecule has 0 fully saturated rings. The maximum atomic E-state index is 12.5. The van der Waals surface area contributed by atoms with E-state index < -0.39 is 40.5 Å². The number of rotatable bonds is 8. The van der Waals surface area contributed by atoms with Crippen molar-refractivity contribution < 1.29 is 24.7 Å². The molecular formula is C14H27N3O5S. The van der Waals surface area contributed by atoms with Crippen molar-refractivity contribution in [3.05, 3.63) is 0 Å². The van der Waals surface area contributed by atoms with Gasteiger partial charge in [0.1, 0.15) is 12.1 Å². The molecule has 0 aliphatic rings. The van der Waals surface area contributed by atoms with Gasteiger partial charge in [-0.25, -0.2) is 5.48 Å². The summed E-state index contributed by atoms with van der Waals surface area (Å²) in [5.74, 6) is -3.28. The summed E-state index contributed by atoms with van der Waals surface area (Å²) >= 11 is 4.31. The predicted octanol–water partition coefficient (Wildman–Crippen LogP) is -0.546. The fourth-order valence-electron chi connectivity index (χ4n) is 2.09. The molecule has 8 nitrogen and oxygen atoms in total. The molecule has 0 saturated heterocycles. The number of carbonyl (C=O) groups excluding carboxylic acids is 3. The van der Waals surface area contributed by atoms with E-state index in [-0.39, 0.29) is 12.3 Å². The normalized spacial score (nSPS) is 15.5. The monoisotopic (exact) mass is 349 g/mol. The molecule has 0 aromatic heterocycles. The van der Waals surface area contributed by atoms with E-state index in [1.165, 1.54) is 12.5 Å². The molecule has 3 amide bonds. The summed E-state index contributed by atoms with van der Waals surface area (Å²) < 4.78 is -0.859. The second kappa shape index (κ2) is 9.09. The van der Waals surface area contributed by atoms with Gasteiger partial charge in [-0.1, -0.05) is 13.8 Å². The number of aliphatic hydroxyl groups excluding tert-OH is 1. The van der Waals surface area contributed by atoms with Crippen molar-refractivity contribution in [3.63, 3.8) is 0 Å². The van der Waals surface area contributed by atoms with Gasteiger partial charge in [-0.15, -0.1) is 0 Å². The van der Waals surface area contributed by atoms with Gasteiger partial charge in [-0.2, -0.15) is 12.6 Å². The van der Waals surface area contributed by atoms with E-state index in [0.29, 0.717) is 0 Å². The Morgan fingerprint density at radius 3 is 2.00 bits per heavy atom. The number of carbonyl (C=O) groups is 3. The molecule has 0 spiro atoms. The fraction of sp³-hybridized carbons (Fsp3) is 0.786. The minimum Gasteiger partial charge on any atom is -0.382 e. The quantitative estimate of drug-likeness (QED) is 0.199. The van der Waals surface area contributed by atoms with Gasteiger partial charge < -0.3 is 15.7 Å². The van der Waals surface area contributed by atoms with Crippen molar-refractivity contribution in [1.29, 1.82) is 0 Å². The van der Waals surface area contributed by atoms with Crippen molar-refractivity contribution in [1.82, 2.24) is 16.1 Å². The largest absolute Gasteiger partial charge is 0.382 e. The van der Waals surface area contributed by atoms with Gasteiger partial charge in [0.2, 0.25) is 11.8 Å². The SMILES string of the molecule is CNC(=O)C(NC(=O)[C@H](CC(C)C)[C@H](O)C(=O)NO)C(C)(C)S. The van der Waals surface area contributed by atoms with Crippen LogP contribution in [0, 0.1) is 11.8 Å². The number of thiol groups is 1. The lowest BCUT2D eigenvalue weighted by Crippen LogP contribution is -2.57. The van der Waals surface area contributed by atoms with Crippen molar-refractivity contribution in [2.24, 2.45) is 11.8 Å². The van der Waals surface area contributed by atoms with Crippen LogP contribution in [0.5, 0.6) is 0 Å². The van der Waals surface area contributed by atoms with Crippen molar-refractivity contribution in [3.8, 4) is 0 Å². The van der Waals surface area contributed by atoms with Crippen LogP contribution in [0.25, 0.3) is 0 Å². The average Bonchev–Trinajstić information content (AvgIpc) is 2.46. The smallest absolute Gasteiger partial charge is 0.272 e. The summed E-state index contributed by atoms with van der Waals surface area (Å²) in [5, 5.41) is 23.6. The maximum absolute atomic E-state index is 12.5. The van der Waals surface area contributed by atoms with Gasteiger partial charge in [0, 0.05) is 11.8 Å². The third kappa shape index (κ3) is 6.76. The van der Waals surface area contributed by atoms with E-state index in [2.05, 4.69) is 23.3 Å². The van der Waals surface area contributed by atoms with Crippen molar-refractivity contribution >= 4 is 30.4 Å². The third-order valence-electron chi connectivity index (χ3n) is 3.32. The second-order valence-electron chi connectivity index (χ2n) is 6.37. The zero-order valence-electron chi connectivity index (χ0n) is 14.1. The van der Waals surface area contributed by atoms with Gasteiger partial charge in [-0.05, 0) is 26.2 Å². The number of amides is 3. The number of likely N-dealkylation sites (N-methyl/N-ethyl adjacent to an activating group) is 1. The number of nitrogens with one attached hydrogen (secondary N) is 3. The highest BCUT2D eigenvalue weighted by Crippen LogP contribution is 2.21. The highest BCUT2D eigenvalue weighted by atomic mass is 32.1. The molecule has 0 radical (unpaired) electrons. The van der Waals surface area contributed by atoms with E-state index in [1.54, 1.807) is 13.8 Å². The van der Waals surface area contributed by atoms with Gasteiger partial charge in [-0.3, -0.25) is 19.6 Å². The van der Waals surface area contributed by atoms with Crippen LogP contribution in [0.15, 0.2) is 0 Å². The average molecular weight is 349 g/mol. The molecule has 0 aliphatic heterocycles. The van der Waals surface area contributed by atoms with E-state index in [9.17, 15) is 19.5 Å². The Hall–Kier alpha value is -1.32. The number of aliphatic hydroxyl groups is 1. The second-order valence-corrected chi connectivity index (χ2v) is 7.52. The molecule has 0 aliphatic carbocycles. The Kier molecular flexibility index (Phi) is 8.57. The van der Waals surface area contributed by atoms with E-state index in [4.69, 9.17) is 5.21 Å².